The van der Waals surface area contributed by atoms with Gasteiger partial charge in [-0.2, -0.15) is 0 Å². The molecule has 0 spiro atoms. The fourth-order valence-corrected chi connectivity index (χ4v) is 3.80. The first-order valence-corrected chi connectivity index (χ1v) is 9.01. The Morgan fingerprint density at radius 1 is 1.26 bits per heavy atom. The van der Waals surface area contributed by atoms with Gasteiger partial charge in [0.05, 0.1) is 10.5 Å². The van der Waals surface area contributed by atoms with Crippen molar-refractivity contribution >= 4 is 9.84 Å². The van der Waals surface area contributed by atoms with Crippen molar-refractivity contribution in [3.63, 3.8) is 0 Å². The van der Waals surface area contributed by atoms with Gasteiger partial charge < -0.3 is 10.6 Å². The SMILES string of the molecule is CCC1CN(CCS(=O)(=O)C(C)(C)C)CCC1CN. The average Bonchev–Trinajstić information content (AvgIpc) is 2.34. The van der Waals surface area contributed by atoms with Crippen molar-refractivity contribution in [1.82, 2.24) is 4.90 Å². The van der Waals surface area contributed by atoms with Gasteiger partial charge in [0.2, 0.25) is 0 Å². The number of sulfone groups is 1. The minimum Gasteiger partial charge on any atom is -0.330 e. The minimum absolute atomic E-state index is 0.264. The predicted molar refractivity (Wildman–Crippen MR) is 80.9 cm³/mol. The zero-order valence-corrected chi connectivity index (χ0v) is 13.7. The highest BCUT2D eigenvalue weighted by Crippen LogP contribution is 2.25. The molecule has 1 aliphatic heterocycles. The van der Waals surface area contributed by atoms with Crippen LogP contribution < -0.4 is 5.73 Å². The van der Waals surface area contributed by atoms with E-state index in [1.165, 1.54) is 0 Å². The number of piperidine rings is 1. The van der Waals surface area contributed by atoms with Gasteiger partial charge in [-0.25, -0.2) is 8.42 Å². The van der Waals surface area contributed by atoms with E-state index in [0.717, 1.165) is 32.5 Å². The van der Waals surface area contributed by atoms with Crippen LogP contribution in [0.5, 0.6) is 0 Å². The van der Waals surface area contributed by atoms with Crippen molar-refractivity contribution < 1.29 is 8.42 Å². The first kappa shape index (κ1) is 16.9. The molecule has 2 unspecified atom stereocenters. The van der Waals surface area contributed by atoms with E-state index in [4.69, 9.17) is 5.73 Å². The highest BCUT2D eigenvalue weighted by molar-refractivity contribution is 7.92. The van der Waals surface area contributed by atoms with E-state index >= 15 is 0 Å². The molecule has 4 nitrogen and oxygen atoms in total. The van der Waals surface area contributed by atoms with E-state index in [0.29, 0.717) is 18.4 Å². The number of hydrogen-bond donors (Lipinski definition) is 1. The Hall–Kier alpha value is -0.130. The molecular weight excluding hydrogens is 260 g/mol. The summed E-state index contributed by atoms with van der Waals surface area (Å²) in [6.45, 7) is 10.9. The lowest BCUT2D eigenvalue weighted by atomic mass is 9.84. The Labute approximate surface area is 118 Å². The van der Waals surface area contributed by atoms with Gasteiger partial charge >= 0.3 is 0 Å². The van der Waals surface area contributed by atoms with E-state index in [9.17, 15) is 8.42 Å². The Balaban J connectivity index is 2.52. The van der Waals surface area contributed by atoms with Crippen LogP contribution in [0.2, 0.25) is 0 Å². The van der Waals surface area contributed by atoms with E-state index in [-0.39, 0.29) is 5.75 Å². The lowest BCUT2D eigenvalue weighted by Gasteiger charge is -2.38. The van der Waals surface area contributed by atoms with E-state index in [2.05, 4.69) is 11.8 Å². The number of hydrogen-bond acceptors (Lipinski definition) is 4. The molecule has 0 aromatic rings. The maximum atomic E-state index is 12.1. The predicted octanol–water partition coefficient (Wildman–Crippen LogP) is 1.51. The molecule has 2 N–H and O–H groups in total. The van der Waals surface area contributed by atoms with Crippen LogP contribution in [0.1, 0.15) is 40.5 Å². The second kappa shape index (κ2) is 6.55. The summed E-state index contributed by atoms with van der Waals surface area (Å²) < 4.78 is 23.6. The van der Waals surface area contributed by atoms with Crippen molar-refractivity contribution in [2.45, 2.75) is 45.3 Å². The summed E-state index contributed by atoms with van der Waals surface area (Å²) in [6, 6.07) is 0. The standard InChI is InChI=1S/C14H30N2O2S/c1-5-12-11-16(7-6-13(12)10-15)8-9-19(17,18)14(2,3)4/h12-13H,5-11,15H2,1-4H3. The van der Waals surface area contributed by atoms with Gasteiger partial charge in [-0.1, -0.05) is 13.3 Å². The molecule has 5 heteroatoms. The van der Waals surface area contributed by atoms with Gasteiger partial charge in [-0.3, -0.25) is 0 Å². The maximum absolute atomic E-state index is 12.1. The largest absolute Gasteiger partial charge is 0.330 e. The third-order valence-electron chi connectivity index (χ3n) is 4.41. The number of nitrogens with zero attached hydrogens (tertiary/aromatic N) is 1. The number of nitrogens with two attached hydrogens (primary N) is 1. The molecule has 0 radical (unpaired) electrons. The Bertz CT molecular complexity index is 373. The summed E-state index contributed by atoms with van der Waals surface area (Å²) in [5.74, 6) is 1.50. The van der Waals surface area contributed by atoms with Crippen LogP contribution in [0.3, 0.4) is 0 Å². The smallest absolute Gasteiger partial charge is 0.156 e. The van der Waals surface area contributed by atoms with Gasteiger partial charge in [0.25, 0.3) is 0 Å². The van der Waals surface area contributed by atoms with Gasteiger partial charge in [0.15, 0.2) is 9.84 Å². The second-order valence-corrected chi connectivity index (χ2v) is 9.55. The molecule has 0 saturated carbocycles. The fourth-order valence-electron chi connectivity index (χ4n) is 2.69. The van der Waals surface area contributed by atoms with Crippen molar-refractivity contribution in [2.75, 3.05) is 31.9 Å². The number of likely N-dealkylation sites (tertiary alicyclic amines) is 1. The second-order valence-electron chi connectivity index (χ2n) is 6.68. The Kier molecular flexibility index (Phi) is 5.83. The van der Waals surface area contributed by atoms with Gasteiger partial charge in [-0.15, -0.1) is 0 Å². The molecule has 1 heterocycles. The van der Waals surface area contributed by atoms with Crippen LogP contribution in [0, 0.1) is 11.8 Å². The molecule has 1 saturated heterocycles. The van der Waals surface area contributed by atoms with Crippen molar-refractivity contribution in [3.05, 3.63) is 0 Å². The molecule has 0 bridgehead atoms. The highest BCUT2D eigenvalue weighted by atomic mass is 32.2. The quantitative estimate of drug-likeness (QED) is 0.833. The first-order valence-electron chi connectivity index (χ1n) is 7.36. The van der Waals surface area contributed by atoms with Crippen LogP contribution in [-0.4, -0.2) is 50.0 Å². The van der Waals surface area contributed by atoms with E-state index in [1.807, 2.05) is 0 Å². The monoisotopic (exact) mass is 290 g/mol. The molecule has 1 aliphatic rings. The van der Waals surface area contributed by atoms with Crippen LogP contribution in [0.25, 0.3) is 0 Å². The van der Waals surface area contributed by atoms with E-state index < -0.39 is 14.6 Å². The zero-order valence-electron chi connectivity index (χ0n) is 12.9. The Morgan fingerprint density at radius 3 is 2.37 bits per heavy atom. The normalized spacial score (nSPS) is 26.6. The molecule has 0 aromatic heterocycles. The summed E-state index contributed by atoms with van der Waals surface area (Å²) in [5.41, 5.74) is 5.80. The maximum Gasteiger partial charge on any atom is 0.156 e. The van der Waals surface area contributed by atoms with Gasteiger partial charge in [0.1, 0.15) is 0 Å². The third kappa shape index (κ3) is 4.43. The molecule has 0 aromatic carbocycles. The van der Waals surface area contributed by atoms with Crippen molar-refractivity contribution in [3.8, 4) is 0 Å². The van der Waals surface area contributed by atoms with Crippen LogP contribution in [0.4, 0.5) is 0 Å². The average molecular weight is 290 g/mol. The molecular formula is C14H30N2O2S. The summed E-state index contributed by atoms with van der Waals surface area (Å²) in [5, 5.41) is 0. The highest BCUT2D eigenvalue weighted by Gasteiger charge is 2.31. The summed E-state index contributed by atoms with van der Waals surface area (Å²) in [6.07, 6.45) is 2.23. The molecule has 2 atom stereocenters. The Morgan fingerprint density at radius 2 is 1.89 bits per heavy atom. The van der Waals surface area contributed by atoms with Gasteiger partial charge in [-0.05, 0) is 52.1 Å². The fraction of sp³-hybridized carbons (Fsp3) is 1.00. The summed E-state index contributed by atoms with van der Waals surface area (Å²) in [4.78, 5) is 2.30. The van der Waals surface area contributed by atoms with E-state index in [1.54, 1.807) is 20.8 Å². The minimum atomic E-state index is -3.01. The lowest BCUT2D eigenvalue weighted by Crippen LogP contribution is -2.45. The summed E-state index contributed by atoms with van der Waals surface area (Å²) >= 11 is 0. The molecule has 1 fully saturated rings. The van der Waals surface area contributed by atoms with Crippen LogP contribution in [-0.2, 0) is 9.84 Å². The number of rotatable bonds is 5. The molecule has 114 valence electrons. The third-order valence-corrected chi connectivity index (χ3v) is 7.00. The zero-order chi connectivity index (χ0) is 14.7. The summed E-state index contributed by atoms with van der Waals surface area (Å²) in [7, 11) is -3.01. The van der Waals surface area contributed by atoms with Crippen LogP contribution >= 0.6 is 0 Å². The van der Waals surface area contributed by atoms with Crippen molar-refractivity contribution in [2.24, 2.45) is 17.6 Å². The van der Waals surface area contributed by atoms with Crippen LogP contribution in [0.15, 0.2) is 0 Å². The first-order chi connectivity index (χ1) is 8.71. The lowest BCUT2D eigenvalue weighted by molar-refractivity contribution is 0.125. The molecule has 0 amide bonds. The van der Waals surface area contributed by atoms with Gasteiger partial charge in [0, 0.05) is 13.1 Å². The topological polar surface area (TPSA) is 63.4 Å². The molecule has 19 heavy (non-hydrogen) atoms. The molecule has 0 aliphatic carbocycles. The molecule has 1 rings (SSSR count). The van der Waals surface area contributed by atoms with Crippen molar-refractivity contribution in [1.29, 1.82) is 0 Å².